The van der Waals surface area contributed by atoms with Crippen LogP contribution in [0.2, 0.25) is 19.6 Å². The number of imidazole rings is 1. The van der Waals surface area contributed by atoms with E-state index < -0.39 is 8.07 Å². The number of para-hydroxylation sites is 2. The molecule has 8 rings (SSSR count). The standard InChI is InChI=1S/C36H35N2O.C18H24NSi.Ir/c1-22(2)26-16-17-34-30(18-26)31(21-39-34)36-37-32-14-10-11-15-33(32)38(36)35-28(23(3)4)19-27(20-29(35)24(5)6)25-12-8-7-9-13-25;1-14(2)11-16-12-17(15-9-7-6-8-10-15)19-13-18(16)20(3,4)5;/h7-20,22-24H,1-6H3;6-9,12-14H,11H2,1-5H3;/q2*-1;. The van der Waals surface area contributed by atoms with Crippen molar-refractivity contribution >= 4 is 35.3 Å². The zero-order valence-electron chi connectivity index (χ0n) is 37.1. The molecule has 0 saturated heterocycles. The number of fused-ring (bicyclic) bond motifs is 2. The molecule has 60 heavy (non-hydrogen) atoms. The molecule has 5 aromatic carbocycles. The maximum atomic E-state index is 5.98. The Labute approximate surface area is 372 Å². The van der Waals surface area contributed by atoms with Crippen molar-refractivity contribution in [3.8, 4) is 39.5 Å². The van der Waals surface area contributed by atoms with Crippen molar-refractivity contribution in [1.82, 2.24) is 14.5 Å². The van der Waals surface area contributed by atoms with E-state index in [0.717, 1.165) is 51.1 Å². The zero-order chi connectivity index (χ0) is 42.0. The Morgan fingerprint density at radius 1 is 0.700 bits per heavy atom. The van der Waals surface area contributed by atoms with Crippen LogP contribution in [0.1, 0.15) is 95.4 Å². The molecule has 0 spiro atoms. The van der Waals surface area contributed by atoms with Gasteiger partial charge in [-0.1, -0.05) is 164 Å². The van der Waals surface area contributed by atoms with Crippen LogP contribution >= 0.6 is 0 Å². The predicted octanol–water partition coefficient (Wildman–Crippen LogP) is 14.6. The van der Waals surface area contributed by atoms with Gasteiger partial charge in [0.1, 0.15) is 0 Å². The summed E-state index contributed by atoms with van der Waals surface area (Å²) in [5.41, 5.74) is 15.0. The van der Waals surface area contributed by atoms with Gasteiger partial charge in [-0.25, -0.2) is 0 Å². The number of rotatable bonds is 10. The molecule has 0 bridgehead atoms. The van der Waals surface area contributed by atoms with Gasteiger partial charge in [0.15, 0.2) is 0 Å². The third-order valence-electron chi connectivity index (χ3n) is 11.1. The van der Waals surface area contributed by atoms with E-state index in [1.807, 2.05) is 18.2 Å². The van der Waals surface area contributed by atoms with Crippen LogP contribution in [0.5, 0.6) is 0 Å². The molecule has 6 heteroatoms. The van der Waals surface area contributed by atoms with Gasteiger partial charge in [-0.05, 0) is 87.5 Å². The normalized spacial score (nSPS) is 11.8. The Hall–Kier alpha value is -4.87. The second-order valence-corrected chi connectivity index (χ2v) is 23.3. The van der Waals surface area contributed by atoms with Gasteiger partial charge in [0, 0.05) is 43.8 Å². The van der Waals surface area contributed by atoms with Gasteiger partial charge < -0.3 is 14.0 Å². The maximum Gasteiger partial charge on any atom is 0.0798 e. The fraction of sp³-hybridized carbons (Fsp3) is 0.296. The van der Waals surface area contributed by atoms with E-state index in [1.165, 1.54) is 44.3 Å². The molecular weight excluding hydrogens is 927 g/mol. The third kappa shape index (κ3) is 9.52. The van der Waals surface area contributed by atoms with Crippen molar-refractivity contribution in [3.63, 3.8) is 0 Å². The number of nitrogens with zero attached hydrogens (tertiary/aromatic N) is 3. The SMILES string of the molecule is CC(C)Cc1cc(-c2[c-]cccc2)ncc1[Si](C)(C)C.CC(C)c1ccc2o[c-]c(-c3nc4ccccc4n3-c3c(C(C)C)cc(-c4ccccc4)cc3C(C)C)c2c1.[Ir]. The monoisotopic (exact) mass is 986 g/mol. The van der Waals surface area contributed by atoms with E-state index in [-0.39, 0.29) is 20.1 Å². The zero-order valence-corrected chi connectivity index (χ0v) is 40.5. The Kier molecular flexibility index (Phi) is 14.0. The first-order valence-corrected chi connectivity index (χ1v) is 24.8. The van der Waals surface area contributed by atoms with Crippen molar-refractivity contribution in [2.24, 2.45) is 5.92 Å². The largest absolute Gasteiger partial charge is 0.557 e. The molecule has 4 nitrogen and oxygen atoms in total. The minimum Gasteiger partial charge on any atom is -0.557 e. The van der Waals surface area contributed by atoms with E-state index in [4.69, 9.17) is 9.40 Å². The summed E-state index contributed by atoms with van der Waals surface area (Å²) in [6, 6.07) is 43.9. The predicted molar refractivity (Wildman–Crippen MR) is 253 cm³/mol. The molecule has 0 unspecified atom stereocenters. The van der Waals surface area contributed by atoms with Crippen molar-refractivity contribution in [2.75, 3.05) is 0 Å². The molecule has 0 fully saturated rings. The molecule has 0 saturated carbocycles. The van der Waals surface area contributed by atoms with Crippen LogP contribution in [0.25, 0.3) is 61.5 Å². The second-order valence-electron chi connectivity index (χ2n) is 18.3. The van der Waals surface area contributed by atoms with Gasteiger partial charge in [-0.15, -0.1) is 35.9 Å². The van der Waals surface area contributed by atoms with Crippen LogP contribution in [0, 0.1) is 18.2 Å². The van der Waals surface area contributed by atoms with Gasteiger partial charge >= 0.3 is 0 Å². The Morgan fingerprint density at radius 3 is 1.98 bits per heavy atom. The van der Waals surface area contributed by atoms with Crippen LogP contribution in [0.15, 0.2) is 126 Å². The average molecular weight is 986 g/mol. The topological polar surface area (TPSA) is 43.9 Å². The molecule has 0 aliphatic heterocycles. The van der Waals surface area contributed by atoms with E-state index in [0.29, 0.717) is 23.7 Å². The van der Waals surface area contributed by atoms with Gasteiger partial charge in [0.05, 0.1) is 24.9 Å². The molecule has 3 aromatic heterocycles. The molecule has 311 valence electrons. The van der Waals surface area contributed by atoms with Crippen molar-refractivity contribution < 1.29 is 24.5 Å². The van der Waals surface area contributed by atoms with Crippen LogP contribution in [-0.4, -0.2) is 22.6 Å². The fourth-order valence-electron chi connectivity index (χ4n) is 8.04. The minimum atomic E-state index is -1.34. The molecule has 0 N–H and O–H groups in total. The van der Waals surface area contributed by atoms with Crippen molar-refractivity contribution in [3.05, 3.63) is 156 Å². The quantitative estimate of drug-likeness (QED) is 0.101. The second kappa shape index (κ2) is 18.8. The number of benzene rings is 5. The molecule has 0 aliphatic rings. The van der Waals surface area contributed by atoms with E-state index in [9.17, 15) is 0 Å². The third-order valence-corrected chi connectivity index (χ3v) is 13.2. The average Bonchev–Trinajstić information content (AvgIpc) is 3.81. The molecule has 3 heterocycles. The summed E-state index contributed by atoms with van der Waals surface area (Å²) in [7, 11) is -1.34. The number of pyridine rings is 1. The van der Waals surface area contributed by atoms with Crippen LogP contribution in [0.4, 0.5) is 0 Å². The Balaban J connectivity index is 0.000000243. The van der Waals surface area contributed by atoms with Gasteiger partial charge in [-0.2, -0.15) is 0 Å². The van der Waals surface area contributed by atoms with Crippen molar-refractivity contribution in [1.29, 1.82) is 0 Å². The van der Waals surface area contributed by atoms with Crippen LogP contribution in [-0.2, 0) is 26.5 Å². The summed E-state index contributed by atoms with van der Waals surface area (Å²) in [6.45, 7) is 25.3. The fourth-order valence-corrected chi connectivity index (χ4v) is 9.62. The molecule has 1 radical (unpaired) electrons. The summed E-state index contributed by atoms with van der Waals surface area (Å²) >= 11 is 0. The van der Waals surface area contributed by atoms with Gasteiger partial charge in [-0.3, -0.25) is 4.98 Å². The molecular formula is C54H59IrN3OSi-2. The van der Waals surface area contributed by atoms with Gasteiger partial charge in [0.25, 0.3) is 0 Å². The van der Waals surface area contributed by atoms with E-state index in [1.54, 1.807) is 0 Å². The van der Waals surface area contributed by atoms with Crippen LogP contribution < -0.4 is 5.19 Å². The first-order chi connectivity index (χ1) is 28.2. The minimum absolute atomic E-state index is 0. The maximum absolute atomic E-state index is 5.98. The summed E-state index contributed by atoms with van der Waals surface area (Å²) in [6.07, 6.45) is 6.48. The first-order valence-electron chi connectivity index (χ1n) is 21.3. The summed E-state index contributed by atoms with van der Waals surface area (Å²) in [5, 5.41) is 2.54. The summed E-state index contributed by atoms with van der Waals surface area (Å²) < 4.78 is 8.34. The summed E-state index contributed by atoms with van der Waals surface area (Å²) in [5.74, 6) is 2.58. The van der Waals surface area contributed by atoms with E-state index >= 15 is 0 Å². The smallest absolute Gasteiger partial charge is 0.0798 e. The van der Waals surface area contributed by atoms with Crippen LogP contribution in [0.3, 0.4) is 0 Å². The molecule has 0 atom stereocenters. The number of aromatic nitrogens is 3. The molecule has 8 aromatic rings. The Morgan fingerprint density at radius 2 is 1.37 bits per heavy atom. The molecule has 0 amide bonds. The number of hydrogen-bond acceptors (Lipinski definition) is 3. The number of furan rings is 1. The molecule has 0 aliphatic carbocycles. The summed E-state index contributed by atoms with van der Waals surface area (Å²) in [4.78, 5) is 9.90. The van der Waals surface area contributed by atoms with E-state index in [2.05, 4.69) is 200 Å². The Bertz CT molecular complexity index is 2660. The number of hydrogen-bond donors (Lipinski definition) is 0. The first kappa shape index (κ1) is 44.7. The van der Waals surface area contributed by atoms with Gasteiger partial charge in [0.2, 0.25) is 0 Å². The van der Waals surface area contributed by atoms with Crippen molar-refractivity contribution in [2.45, 2.75) is 99.2 Å².